The minimum atomic E-state index is -0.384. The fourth-order valence-corrected chi connectivity index (χ4v) is 4.44. The first-order valence-electron chi connectivity index (χ1n) is 8.73. The maximum absolute atomic E-state index is 12.3. The zero-order chi connectivity index (χ0) is 18.5. The van der Waals surface area contributed by atoms with Crippen LogP contribution in [0.25, 0.3) is 6.08 Å². The quantitative estimate of drug-likeness (QED) is 0.625. The molecule has 2 N–H and O–H groups in total. The van der Waals surface area contributed by atoms with Gasteiger partial charge < -0.3 is 15.0 Å². The lowest BCUT2D eigenvalue weighted by Gasteiger charge is -2.22. The molecule has 3 rings (SSSR count). The zero-order valence-electron chi connectivity index (χ0n) is 15.0. The van der Waals surface area contributed by atoms with Gasteiger partial charge in [-0.05, 0) is 24.1 Å². The van der Waals surface area contributed by atoms with Crippen LogP contribution in [0.5, 0.6) is 0 Å². The zero-order valence-corrected chi connectivity index (χ0v) is 15.8. The highest BCUT2D eigenvalue weighted by Crippen LogP contribution is 2.35. The Morgan fingerprint density at radius 1 is 1.31 bits per heavy atom. The lowest BCUT2D eigenvalue weighted by atomic mass is 10.0. The van der Waals surface area contributed by atoms with Gasteiger partial charge in [0, 0.05) is 12.5 Å². The van der Waals surface area contributed by atoms with E-state index in [1.165, 1.54) is 29.4 Å². The number of benzene rings is 1. The lowest BCUT2D eigenvalue weighted by Crippen LogP contribution is -3.11. The smallest absolute Gasteiger partial charge is 0.341 e. The number of fused-ring (bicyclic) bond motifs is 1. The number of esters is 1. The predicted octanol–water partition coefficient (Wildman–Crippen LogP) is 2.15. The van der Waals surface area contributed by atoms with Crippen molar-refractivity contribution in [1.29, 1.82) is 0 Å². The molecule has 0 saturated heterocycles. The van der Waals surface area contributed by atoms with Crippen molar-refractivity contribution in [3.05, 3.63) is 58.0 Å². The molecule has 5 nitrogen and oxygen atoms in total. The van der Waals surface area contributed by atoms with E-state index in [-0.39, 0.29) is 11.9 Å². The van der Waals surface area contributed by atoms with Gasteiger partial charge in [0.25, 0.3) is 0 Å². The van der Waals surface area contributed by atoms with Crippen molar-refractivity contribution in [3.63, 3.8) is 0 Å². The SMILES string of the molecule is CC[NH+]1CCc2c(sc(NC(=O)C=Cc3ccccc3)c2C(=O)OC)C1. The minimum Gasteiger partial charge on any atom is -0.465 e. The molecule has 1 aromatic heterocycles. The molecule has 0 bridgehead atoms. The molecule has 1 aromatic carbocycles. The van der Waals surface area contributed by atoms with Crippen LogP contribution < -0.4 is 10.2 Å². The first-order valence-corrected chi connectivity index (χ1v) is 9.54. The molecule has 0 fully saturated rings. The summed E-state index contributed by atoms with van der Waals surface area (Å²) in [6, 6.07) is 9.62. The van der Waals surface area contributed by atoms with Crippen LogP contribution in [0, 0.1) is 0 Å². The lowest BCUT2D eigenvalue weighted by molar-refractivity contribution is -0.913. The van der Waals surface area contributed by atoms with Crippen molar-refractivity contribution in [2.45, 2.75) is 19.9 Å². The molecule has 0 spiro atoms. The Labute approximate surface area is 157 Å². The van der Waals surface area contributed by atoms with Crippen LogP contribution in [0.3, 0.4) is 0 Å². The third-order valence-electron chi connectivity index (χ3n) is 4.58. The number of methoxy groups -OCH3 is 1. The maximum Gasteiger partial charge on any atom is 0.341 e. The van der Waals surface area contributed by atoms with E-state index in [0.717, 1.165) is 42.1 Å². The number of carbonyl (C=O) groups is 2. The summed E-state index contributed by atoms with van der Waals surface area (Å²) in [6.07, 6.45) is 4.07. The standard InChI is InChI=1S/C20H22N2O3S/c1-3-22-12-11-15-16(13-22)26-19(18(15)20(24)25-2)21-17(23)10-9-14-7-5-4-6-8-14/h4-10H,3,11-13H2,1-2H3,(H,21,23)/p+1. The highest BCUT2D eigenvalue weighted by atomic mass is 32.1. The summed E-state index contributed by atoms with van der Waals surface area (Å²) in [7, 11) is 1.37. The molecule has 1 unspecified atom stereocenters. The Bertz CT molecular complexity index is 827. The number of hydrogen-bond acceptors (Lipinski definition) is 4. The molecule has 0 aliphatic carbocycles. The van der Waals surface area contributed by atoms with Gasteiger partial charge >= 0.3 is 5.97 Å². The van der Waals surface area contributed by atoms with E-state index in [1.54, 1.807) is 6.08 Å². The molecular formula is C20H23N2O3S+. The topological polar surface area (TPSA) is 59.8 Å². The number of quaternary nitrogens is 1. The van der Waals surface area contributed by atoms with Crippen molar-refractivity contribution < 1.29 is 19.2 Å². The fraction of sp³-hybridized carbons (Fsp3) is 0.300. The average molecular weight is 371 g/mol. The maximum atomic E-state index is 12.3. The van der Waals surface area contributed by atoms with Gasteiger partial charge in [0.15, 0.2) is 0 Å². The van der Waals surface area contributed by atoms with Crippen LogP contribution in [0.2, 0.25) is 0 Å². The fourth-order valence-electron chi connectivity index (χ4n) is 3.13. The Kier molecular flexibility index (Phi) is 5.85. The molecule has 1 aliphatic rings. The summed E-state index contributed by atoms with van der Waals surface area (Å²) in [6.45, 7) is 5.08. The molecule has 2 heterocycles. The first-order chi connectivity index (χ1) is 12.6. The van der Waals surface area contributed by atoms with E-state index in [1.807, 2.05) is 30.3 Å². The van der Waals surface area contributed by atoms with Gasteiger partial charge in [-0.3, -0.25) is 4.79 Å². The number of thiophene rings is 1. The monoisotopic (exact) mass is 371 g/mol. The van der Waals surface area contributed by atoms with Crippen molar-refractivity contribution in [2.75, 3.05) is 25.5 Å². The van der Waals surface area contributed by atoms with Crippen LogP contribution in [0.15, 0.2) is 36.4 Å². The van der Waals surface area contributed by atoms with Gasteiger partial charge in [-0.2, -0.15) is 0 Å². The van der Waals surface area contributed by atoms with E-state index in [4.69, 9.17) is 4.74 Å². The van der Waals surface area contributed by atoms with Gasteiger partial charge in [-0.15, -0.1) is 11.3 Å². The number of carbonyl (C=O) groups excluding carboxylic acids is 2. The van der Waals surface area contributed by atoms with E-state index in [9.17, 15) is 9.59 Å². The van der Waals surface area contributed by atoms with Gasteiger partial charge in [-0.1, -0.05) is 30.3 Å². The third-order valence-corrected chi connectivity index (χ3v) is 5.73. The van der Waals surface area contributed by atoms with Gasteiger partial charge in [0.2, 0.25) is 5.91 Å². The van der Waals surface area contributed by atoms with E-state index in [0.29, 0.717) is 10.6 Å². The average Bonchev–Trinajstić information content (AvgIpc) is 3.03. The first kappa shape index (κ1) is 18.4. The molecule has 0 saturated carbocycles. The number of ether oxygens (including phenoxy) is 1. The predicted molar refractivity (Wildman–Crippen MR) is 104 cm³/mol. The molecular weight excluding hydrogens is 348 g/mol. The number of hydrogen-bond donors (Lipinski definition) is 2. The number of rotatable bonds is 5. The molecule has 2 aromatic rings. The summed E-state index contributed by atoms with van der Waals surface area (Å²) < 4.78 is 4.96. The van der Waals surface area contributed by atoms with Crippen LogP contribution in [-0.4, -0.2) is 32.1 Å². The molecule has 1 atom stereocenters. The number of nitrogens with one attached hydrogen (secondary N) is 2. The Morgan fingerprint density at radius 3 is 2.77 bits per heavy atom. The Morgan fingerprint density at radius 2 is 2.08 bits per heavy atom. The summed E-state index contributed by atoms with van der Waals surface area (Å²) in [5.74, 6) is -0.637. The Balaban J connectivity index is 1.82. The Hall–Kier alpha value is -2.44. The number of anilines is 1. The van der Waals surface area contributed by atoms with Gasteiger partial charge in [0.1, 0.15) is 11.5 Å². The van der Waals surface area contributed by atoms with E-state index in [2.05, 4.69) is 12.2 Å². The van der Waals surface area contributed by atoms with Crippen LogP contribution >= 0.6 is 11.3 Å². The van der Waals surface area contributed by atoms with Crippen LogP contribution in [-0.2, 0) is 22.5 Å². The van der Waals surface area contributed by atoms with Crippen molar-refractivity contribution in [2.24, 2.45) is 0 Å². The number of amides is 1. The normalized spacial score (nSPS) is 16.3. The van der Waals surface area contributed by atoms with E-state index < -0.39 is 0 Å². The summed E-state index contributed by atoms with van der Waals surface area (Å²) >= 11 is 1.49. The second-order valence-electron chi connectivity index (χ2n) is 6.21. The van der Waals surface area contributed by atoms with Crippen LogP contribution in [0.1, 0.15) is 33.3 Å². The largest absolute Gasteiger partial charge is 0.465 e. The van der Waals surface area contributed by atoms with Gasteiger partial charge in [-0.25, -0.2) is 4.79 Å². The van der Waals surface area contributed by atoms with Gasteiger partial charge in [0.05, 0.1) is 30.6 Å². The van der Waals surface area contributed by atoms with Crippen molar-refractivity contribution in [3.8, 4) is 0 Å². The summed E-state index contributed by atoms with van der Waals surface area (Å²) in [5, 5.41) is 3.45. The van der Waals surface area contributed by atoms with Crippen molar-refractivity contribution >= 4 is 34.3 Å². The molecule has 0 radical (unpaired) electrons. The minimum absolute atomic E-state index is 0.253. The van der Waals surface area contributed by atoms with E-state index >= 15 is 0 Å². The highest BCUT2D eigenvalue weighted by Gasteiger charge is 2.30. The molecule has 26 heavy (non-hydrogen) atoms. The molecule has 136 valence electrons. The molecule has 1 amide bonds. The second-order valence-corrected chi connectivity index (χ2v) is 7.32. The molecule has 1 aliphatic heterocycles. The number of likely N-dealkylation sites (N-methyl/N-ethyl adjacent to an activating group) is 1. The second kappa shape index (κ2) is 8.29. The third kappa shape index (κ3) is 4.03. The van der Waals surface area contributed by atoms with Crippen molar-refractivity contribution in [1.82, 2.24) is 0 Å². The molecule has 6 heteroatoms. The summed E-state index contributed by atoms with van der Waals surface area (Å²) in [5.41, 5.74) is 2.49. The summed E-state index contributed by atoms with van der Waals surface area (Å²) in [4.78, 5) is 27.3. The highest BCUT2D eigenvalue weighted by molar-refractivity contribution is 7.17. The van der Waals surface area contributed by atoms with Crippen LogP contribution in [0.4, 0.5) is 5.00 Å².